The van der Waals surface area contributed by atoms with E-state index in [1.165, 1.54) is 16.7 Å². The first-order valence-electron chi connectivity index (χ1n) is 10.1. The summed E-state index contributed by atoms with van der Waals surface area (Å²) in [6, 6.07) is 36.2. The third-order valence-corrected chi connectivity index (χ3v) is 5.39. The predicted octanol–water partition coefficient (Wildman–Crippen LogP) is 6.92. The largest absolute Gasteiger partial charge is 0.292 e. The first kappa shape index (κ1) is 17.4. The van der Waals surface area contributed by atoms with Gasteiger partial charge in [-0.25, -0.2) is 4.98 Å². The Kier molecular flexibility index (Phi) is 4.45. The Bertz CT molecular complexity index is 1270. The number of hydrogen-bond donors (Lipinski definition) is 0. The third kappa shape index (κ3) is 3.23. The molecular weight excluding hydrogens is 352 g/mol. The van der Waals surface area contributed by atoms with Crippen molar-refractivity contribution in [3.8, 4) is 28.2 Å². The molecular formula is C27H22N2. The van der Waals surface area contributed by atoms with Crippen molar-refractivity contribution in [3.05, 3.63) is 109 Å². The Labute approximate surface area is 171 Å². The van der Waals surface area contributed by atoms with Gasteiger partial charge in [-0.2, -0.15) is 0 Å². The first-order chi connectivity index (χ1) is 14.3. The molecule has 2 nitrogen and oxygen atoms in total. The van der Waals surface area contributed by atoms with Gasteiger partial charge in [0.05, 0.1) is 11.0 Å². The molecule has 0 N–H and O–H groups in total. The second-order valence-corrected chi connectivity index (χ2v) is 7.23. The van der Waals surface area contributed by atoms with Crippen molar-refractivity contribution >= 4 is 11.0 Å². The molecule has 1 heterocycles. The zero-order chi connectivity index (χ0) is 19.6. The molecule has 0 radical (unpaired) electrons. The zero-order valence-electron chi connectivity index (χ0n) is 16.4. The zero-order valence-corrected chi connectivity index (χ0v) is 16.4. The smallest absolute Gasteiger partial charge is 0.145 e. The molecule has 0 unspecified atom stereocenters. The molecule has 4 aromatic carbocycles. The number of nitrogens with zero attached hydrogens (tertiary/aromatic N) is 2. The van der Waals surface area contributed by atoms with Crippen LogP contribution >= 0.6 is 0 Å². The second-order valence-electron chi connectivity index (χ2n) is 7.23. The molecule has 0 amide bonds. The highest BCUT2D eigenvalue weighted by Gasteiger charge is 2.14. The molecule has 1 aromatic heterocycles. The van der Waals surface area contributed by atoms with E-state index in [4.69, 9.17) is 4.98 Å². The molecule has 0 aliphatic heterocycles. The summed E-state index contributed by atoms with van der Waals surface area (Å²) in [5.74, 6) is 0.964. The predicted molar refractivity (Wildman–Crippen MR) is 121 cm³/mol. The second kappa shape index (κ2) is 7.40. The van der Waals surface area contributed by atoms with Crippen molar-refractivity contribution < 1.29 is 0 Å². The van der Waals surface area contributed by atoms with Gasteiger partial charge in [-0.1, -0.05) is 85.8 Å². The van der Waals surface area contributed by atoms with Crippen LogP contribution in [0.4, 0.5) is 0 Å². The van der Waals surface area contributed by atoms with E-state index in [1.807, 2.05) is 12.1 Å². The maximum absolute atomic E-state index is 4.95. The summed E-state index contributed by atoms with van der Waals surface area (Å²) in [5.41, 5.74) is 8.20. The van der Waals surface area contributed by atoms with E-state index in [0.717, 1.165) is 34.5 Å². The van der Waals surface area contributed by atoms with E-state index in [0.29, 0.717) is 0 Å². The average Bonchev–Trinajstić information content (AvgIpc) is 3.19. The van der Waals surface area contributed by atoms with E-state index in [2.05, 4.69) is 102 Å². The minimum Gasteiger partial charge on any atom is -0.292 e. The summed E-state index contributed by atoms with van der Waals surface area (Å²) in [7, 11) is 0. The van der Waals surface area contributed by atoms with Gasteiger partial charge in [0.2, 0.25) is 0 Å². The normalized spacial score (nSPS) is 11.1. The Morgan fingerprint density at radius 2 is 1.38 bits per heavy atom. The third-order valence-electron chi connectivity index (χ3n) is 5.39. The molecule has 2 heteroatoms. The molecule has 0 bridgehead atoms. The monoisotopic (exact) mass is 374 g/mol. The Balaban J connectivity index is 1.63. The fourth-order valence-electron chi connectivity index (χ4n) is 3.84. The fourth-order valence-corrected chi connectivity index (χ4v) is 3.84. The lowest BCUT2D eigenvalue weighted by atomic mass is 10.0. The van der Waals surface area contributed by atoms with Gasteiger partial charge in [0, 0.05) is 11.3 Å². The Morgan fingerprint density at radius 3 is 2.17 bits per heavy atom. The molecule has 0 aliphatic carbocycles. The maximum atomic E-state index is 4.95. The number of aromatic nitrogens is 2. The number of imidazole rings is 1. The van der Waals surface area contributed by atoms with Crippen LogP contribution in [0.5, 0.6) is 0 Å². The van der Waals surface area contributed by atoms with Crippen LogP contribution in [0.25, 0.3) is 39.2 Å². The van der Waals surface area contributed by atoms with Crippen molar-refractivity contribution in [2.75, 3.05) is 0 Å². The van der Waals surface area contributed by atoms with Crippen LogP contribution in [0, 0.1) is 0 Å². The molecule has 5 aromatic rings. The molecule has 5 rings (SSSR count). The van der Waals surface area contributed by atoms with Gasteiger partial charge in [0.25, 0.3) is 0 Å². The summed E-state index contributed by atoms with van der Waals surface area (Å²) >= 11 is 0. The maximum Gasteiger partial charge on any atom is 0.145 e. The number of para-hydroxylation sites is 3. The lowest BCUT2D eigenvalue weighted by Gasteiger charge is -2.10. The lowest BCUT2D eigenvalue weighted by Crippen LogP contribution is -1.97. The molecule has 0 saturated carbocycles. The highest BCUT2D eigenvalue weighted by Crippen LogP contribution is 2.30. The quantitative estimate of drug-likeness (QED) is 0.334. The first-order valence-corrected chi connectivity index (χ1v) is 10.1. The van der Waals surface area contributed by atoms with Crippen molar-refractivity contribution in [3.63, 3.8) is 0 Å². The van der Waals surface area contributed by atoms with Gasteiger partial charge in [0.1, 0.15) is 5.82 Å². The molecule has 0 spiro atoms. The minimum atomic E-state index is 0.964. The summed E-state index contributed by atoms with van der Waals surface area (Å²) in [6.07, 6.45) is 1.05. The Hall–Kier alpha value is -3.65. The number of aryl methyl sites for hydroxylation is 1. The summed E-state index contributed by atoms with van der Waals surface area (Å²) < 4.78 is 2.24. The van der Waals surface area contributed by atoms with Crippen LogP contribution in [0.15, 0.2) is 103 Å². The molecule has 0 atom stereocenters. The van der Waals surface area contributed by atoms with E-state index in [9.17, 15) is 0 Å². The molecule has 29 heavy (non-hydrogen) atoms. The summed E-state index contributed by atoms with van der Waals surface area (Å²) in [4.78, 5) is 4.95. The average molecular weight is 374 g/mol. The van der Waals surface area contributed by atoms with E-state index in [-0.39, 0.29) is 0 Å². The highest BCUT2D eigenvalue weighted by atomic mass is 15.1. The molecule has 0 aliphatic rings. The van der Waals surface area contributed by atoms with Gasteiger partial charge < -0.3 is 0 Å². The van der Waals surface area contributed by atoms with Crippen LogP contribution in [0.3, 0.4) is 0 Å². The van der Waals surface area contributed by atoms with Gasteiger partial charge >= 0.3 is 0 Å². The van der Waals surface area contributed by atoms with E-state index in [1.54, 1.807) is 0 Å². The van der Waals surface area contributed by atoms with Gasteiger partial charge in [-0.15, -0.1) is 0 Å². The number of fused-ring (bicyclic) bond motifs is 1. The highest BCUT2D eigenvalue weighted by molar-refractivity contribution is 5.83. The minimum absolute atomic E-state index is 0.964. The van der Waals surface area contributed by atoms with Crippen molar-refractivity contribution in [2.24, 2.45) is 0 Å². The lowest BCUT2D eigenvalue weighted by molar-refractivity contribution is 1.10. The van der Waals surface area contributed by atoms with Crippen LogP contribution in [-0.2, 0) is 6.42 Å². The fraction of sp³-hybridized carbons (Fsp3) is 0.0741. The van der Waals surface area contributed by atoms with Crippen LogP contribution in [-0.4, -0.2) is 9.55 Å². The van der Waals surface area contributed by atoms with Crippen molar-refractivity contribution in [2.45, 2.75) is 13.3 Å². The van der Waals surface area contributed by atoms with Crippen molar-refractivity contribution in [1.29, 1.82) is 0 Å². The van der Waals surface area contributed by atoms with Crippen LogP contribution in [0.2, 0.25) is 0 Å². The molecule has 0 saturated heterocycles. The molecule has 140 valence electrons. The molecule has 0 fully saturated rings. The van der Waals surface area contributed by atoms with Gasteiger partial charge in [-0.3, -0.25) is 4.57 Å². The summed E-state index contributed by atoms with van der Waals surface area (Å²) in [6.45, 7) is 2.19. The SMILES string of the molecule is CCc1cccc(-c2ccc(-c3nc4ccccc4n3-c3ccccc3)cc2)c1. The number of hydrogen-bond acceptors (Lipinski definition) is 1. The van der Waals surface area contributed by atoms with Crippen LogP contribution < -0.4 is 0 Å². The number of rotatable bonds is 4. The van der Waals surface area contributed by atoms with E-state index < -0.39 is 0 Å². The van der Waals surface area contributed by atoms with E-state index >= 15 is 0 Å². The van der Waals surface area contributed by atoms with Crippen LogP contribution in [0.1, 0.15) is 12.5 Å². The summed E-state index contributed by atoms with van der Waals surface area (Å²) in [5, 5.41) is 0. The Morgan fingerprint density at radius 1 is 0.655 bits per heavy atom. The number of benzene rings is 4. The van der Waals surface area contributed by atoms with Gasteiger partial charge in [-0.05, 0) is 47.4 Å². The topological polar surface area (TPSA) is 17.8 Å². The van der Waals surface area contributed by atoms with Crippen molar-refractivity contribution in [1.82, 2.24) is 9.55 Å². The van der Waals surface area contributed by atoms with Gasteiger partial charge in [0.15, 0.2) is 0 Å². The standard InChI is InChI=1S/C27H22N2/c1-2-20-9-8-10-23(19-20)21-15-17-22(18-16-21)27-28-25-13-6-7-14-26(25)29(27)24-11-4-3-5-12-24/h3-19H,2H2,1H3.